The van der Waals surface area contributed by atoms with Gasteiger partial charge in [-0.2, -0.15) is 0 Å². The minimum absolute atomic E-state index is 0.270. The molecule has 1 heterocycles. The van der Waals surface area contributed by atoms with Crippen molar-refractivity contribution in [2.24, 2.45) is 11.7 Å². The smallest absolute Gasteiger partial charge is 0.222 e. The number of methoxy groups -OCH3 is 1. The Bertz CT molecular complexity index is 197. The van der Waals surface area contributed by atoms with Crippen LogP contribution < -0.4 is 5.73 Å². The van der Waals surface area contributed by atoms with Gasteiger partial charge in [0.2, 0.25) is 5.91 Å². The Morgan fingerprint density at radius 3 is 3.07 bits per heavy atom. The van der Waals surface area contributed by atoms with Gasteiger partial charge < -0.3 is 15.4 Å². The number of nitrogens with two attached hydrogens (primary N) is 1. The molecule has 0 aliphatic carbocycles. The third-order valence-corrected chi connectivity index (χ3v) is 2.95. The van der Waals surface area contributed by atoms with Gasteiger partial charge in [-0.15, -0.1) is 0 Å². The first kappa shape index (κ1) is 12.5. The van der Waals surface area contributed by atoms with Crippen LogP contribution >= 0.6 is 0 Å². The molecule has 2 N–H and O–H groups in total. The molecular formula is C11H22N2O2. The topological polar surface area (TPSA) is 55.6 Å². The van der Waals surface area contributed by atoms with Gasteiger partial charge in [0.25, 0.3) is 0 Å². The molecule has 1 amide bonds. The first-order valence-electron chi connectivity index (χ1n) is 5.74. The van der Waals surface area contributed by atoms with Gasteiger partial charge >= 0.3 is 0 Å². The van der Waals surface area contributed by atoms with Crippen molar-refractivity contribution in [3.63, 3.8) is 0 Å². The first-order valence-corrected chi connectivity index (χ1v) is 5.74. The molecule has 1 rings (SSSR count). The van der Waals surface area contributed by atoms with E-state index in [2.05, 4.69) is 0 Å². The van der Waals surface area contributed by atoms with Crippen molar-refractivity contribution in [1.29, 1.82) is 0 Å². The summed E-state index contributed by atoms with van der Waals surface area (Å²) < 4.78 is 4.93. The molecule has 0 aromatic heterocycles. The standard InChI is InChI=1S/C11H22N2O2/c1-15-8-2-3-11(14)13-7-5-10(9-13)4-6-12/h10H,2-9,12H2,1H3. The number of carbonyl (C=O) groups is 1. The molecule has 0 radical (unpaired) electrons. The van der Waals surface area contributed by atoms with Crippen LogP contribution in [0.5, 0.6) is 0 Å². The van der Waals surface area contributed by atoms with Crippen molar-refractivity contribution in [2.45, 2.75) is 25.7 Å². The molecule has 88 valence electrons. The minimum atomic E-state index is 0.270. The van der Waals surface area contributed by atoms with Gasteiger partial charge in [0.15, 0.2) is 0 Å². The van der Waals surface area contributed by atoms with Gasteiger partial charge in [0.05, 0.1) is 0 Å². The maximum atomic E-state index is 11.7. The highest BCUT2D eigenvalue weighted by Crippen LogP contribution is 2.19. The molecule has 1 unspecified atom stereocenters. The lowest BCUT2D eigenvalue weighted by Crippen LogP contribution is -2.28. The van der Waals surface area contributed by atoms with Crippen molar-refractivity contribution in [3.05, 3.63) is 0 Å². The fourth-order valence-corrected chi connectivity index (χ4v) is 2.06. The number of nitrogens with zero attached hydrogens (tertiary/aromatic N) is 1. The van der Waals surface area contributed by atoms with E-state index in [4.69, 9.17) is 10.5 Å². The fraction of sp³-hybridized carbons (Fsp3) is 0.909. The number of amides is 1. The van der Waals surface area contributed by atoms with Crippen molar-refractivity contribution in [1.82, 2.24) is 4.90 Å². The van der Waals surface area contributed by atoms with Crippen molar-refractivity contribution >= 4 is 5.91 Å². The van der Waals surface area contributed by atoms with Crippen LogP contribution in [0.15, 0.2) is 0 Å². The van der Waals surface area contributed by atoms with Gasteiger partial charge in [-0.25, -0.2) is 0 Å². The van der Waals surface area contributed by atoms with Crippen LogP contribution in [0.25, 0.3) is 0 Å². The molecule has 4 nitrogen and oxygen atoms in total. The zero-order valence-corrected chi connectivity index (χ0v) is 9.58. The Morgan fingerprint density at radius 2 is 2.40 bits per heavy atom. The lowest BCUT2D eigenvalue weighted by atomic mass is 10.1. The van der Waals surface area contributed by atoms with Crippen LogP contribution in [0.1, 0.15) is 25.7 Å². The summed E-state index contributed by atoms with van der Waals surface area (Å²) in [5, 5.41) is 0. The highest BCUT2D eigenvalue weighted by molar-refractivity contribution is 5.76. The summed E-state index contributed by atoms with van der Waals surface area (Å²) in [6.45, 7) is 3.22. The Kier molecular flexibility index (Phi) is 5.65. The van der Waals surface area contributed by atoms with E-state index in [1.54, 1.807) is 7.11 Å². The molecule has 0 aromatic rings. The summed E-state index contributed by atoms with van der Waals surface area (Å²) in [5.74, 6) is 0.896. The average Bonchev–Trinajstić information content (AvgIpc) is 2.67. The van der Waals surface area contributed by atoms with Crippen molar-refractivity contribution in [2.75, 3.05) is 33.4 Å². The quantitative estimate of drug-likeness (QED) is 0.659. The highest BCUT2D eigenvalue weighted by Gasteiger charge is 2.24. The van der Waals surface area contributed by atoms with Crippen molar-refractivity contribution < 1.29 is 9.53 Å². The Balaban J connectivity index is 2.18. The predicted molar refractivity (Wildman–Crippen MR) is 59.5 cm³/mol. The minimum Gasteiger partial charge on any atom is -0.385 e. The second kappa shape index (κ2) is 6.80. The Labute approximate surface area is 91.8 Å². The summed E-state index contributed by atoms with van der Waals surface area (Å²) in [7, 11) is 1.66. The first-order chi connectivity index (χ1) is 7.27. The third kappa shape index (κ3) is 4.18. The molecule has 0 aromatic carbocycles. The SMILES string of the molecule is COCCCC(=O)N1CCC(CCN)C1. The number of carbonyl (C=O) groups excluding carboxylic acids is 1. The second-order valence-corrected chi connectivity index (χ2v) is 4.17. The van der Waals surface area contributed by atoms with E-state index in [1.165, 1.54) is 0 Å². The van der Waals surface area contributed by atoms with Gasteiger partial charge in [0.1, 0.15) is 0 Å². The molecule has 1 fully saturated rings. The van der Waals surface area contributed by atoms with E-state index in [-0.39, 0.29) is 5.91 Å². The summed E-state index contributed by atoms with van der Waals surface area (Å²) in [4.78, 5) is 13.7. The zero-order valence-electron chi connectivity index (χ0n) is 9.58. The lowest BCUT2D eigenvalue weighted by Gasteiger charge is -2.16. The van der Waals surface area contributed by atoms with E-state index in [9.17, 15) is 4.79 Å². The van der Waals surface area contributed by atoms with E-state index in [0.717, 1.165) is 38.9 Å². The summed E-state index contributed by atoms with van der Waals surface area (Å²) in [6, 6.07) is 0. The molecular weight excluding hydrogens is 192 g/mol. The number of hydrogen-bond acceptors (Lipinski definition) is 3. The van der Waals surface area contributed by atoms with Crippen LogP contribution in [0.3, 0.4) is 0 Å². The number of likely N-dealkylation sites (tertiary alicyclic amines) is 1. The second-order valence-electron chi connectivity index (χ2n) is 4.17. The summed E-state index contributed by atoms with van der Waals surface area (Å²) in [5.41, 5.74) is 5.51. The monoisotopic (exact) mass is 214 g/mol. The molecule has 0 saturated carbocycles. The lowest BCUT2D eigenvalue weighted by molar-refractivity contribution is -0.130. The molecule has 0 spiro atoms. The van der Waals surface area contributed by atoms with Gasteiger partial charge in [-0.05, 0) is 31.7 Å². The van der Waals surface area contributed by atoms with Crippen LogP contribution in [0.4, 0.5) is 0 Å². The molecule has 1 saturated heterocycles. The summed E-state index contributed by atoms with van der Waals surface area (Å²) in [6.07, 6.45) is 3.60. The molecule has 15 heavy (non-hydrogen) atoms. The normalized spacial score (nSPS) is 20.9. The predicted octanol–water partition coefficient (Wildman–Crippen LogP) is 0.610. The van der Waals surface area contributed by atoms with Crippen LogP contribution in [0.2, 0.25) is 0 Å². The molecule has 1 aliphatic rings. The average molecular weight is 214 g/mol. The van der Waals surface area contributed by atoms with E-state index < -0.39 is 0 Å². The van der Waals surface area contributed by atoms with Crippen molar-refractivity contribution in [3.8, 4) is 0 Å². The highest BCUT2D eigenvalue weighted by atomic mass is 16.5. The Hall–Kier alpha value is -0.610. The number of hydrogen-bond donors (Lipinski definition) is 1. The largest absolute Gasteiger partial charge is 0.385 e. The van der Waals surface area contributed by atoms with E-state index >= 15 is 0 Å². The fourth-order valence-electron chi connectivity index (χ4n) is 2.06. The summed E-state index contributed by atoms with van der Waals surface area (Å²) >= 11 is 0. The number of ether oxygens (including phenoxy) is 1. The molecule has 1 atom stereocenters. The van der Waals surface area contributed by atoms with E-state index in [0.29, 0.717) is 18.9 Å². The van der Waals surface area contributed by atoms with Gasteiger partial charge in [0, 0.05) is 33.2 Å². The van der Waals surface area contributed by atoms with Gasteiger partial charge in [-0.1, -0.05) is 0 Å². The van der Waals surface area contributed by atoms with Crippen LogP contribution in [-0.4, -0.2) is 44.2 Å². The maximum absolute atomic E-state index is 11.7. The third-order valence-electron chi connectivity index (χ3n) is 2.95. The molecule has 0 bridgehead atoms. The van der Waals surface area contributed by atoms with Crippen LogP contribution in [0, 0.1) is 5.92 Å². The molecule has 4 heteroatoms. The van der Waals surface area contributed by atoms with Crippen LogP contribution in [-0.2, 0) is 9.53 Å². The van der Waals surface area contributed by atoms with Gasteiger partial charge in [-0.3, -0.25) is 4.79 Å². The number of rotatable bonds is 6. The molecule has 1 aliphatic heterocycles. The Morgan fingerprint density at radius 1 is 1.60 bits per heavy atom. The van der Waals surface area contributed by atoms with E-state index in [1.807, 2.05) is 4.90 Å². The zero-order chi connectivity index (χ0) is 11.1. The maximum Gasteiger partial charge on any atom is 0.222 e.